The molecule has 1 N–H and O–H groups in total. The Kier molecular flexibility index (Phi) is 9.67. The molecule has 1 aromatic carbocycles. The molecule has 26 heavy (non-hydrogen) atoms. The van der Waals surface area contributed by atoms with E-state index in [0.717, 1.165) is 24.7 Å². The first-order valence-corrected chi connectivity index (χ1v) is 14.1. The summed E-state index contributed by atoms with van der Waals surface area (Å²) in [4.78, 5) is 0. The van der Waals surface area contributed by atoms with Gasteiger partial charge in [-0.05, 0) is 11.1 Å². The zero-order valence-electron chi connectivity index (χ0n) is 16.0. The second-order valence-corrected chi connectivity index (χ2v) is 13.5. The van der Waals surface area contributed by atoms with Crippen molar-refractivity contribution in [1.29, 1.82) is 0 Å². The van der Waals surface area contributed by atoms with Gasteiger partial charge < -0.3 is 18.7 Å². The minimum absolute atomic E-state index is 0.124. The van der Waals surface area contributed by atoms with Crippen molar-refractivity contribution < 1.29 is 18.7 Å². The maximum absolute atomic E-state index is 9.26. The third-order valence-electron chi connectivity index (χ3n) is 3.80. The molecule has 1 unspecified atom stereocenters. The molecule has 0 spiro atoms. The van der Waals surface area contributed by atoms with E-state index < -0.39 is 7.58 Å². The highest BCUT2D eigenvalue weighted by atomic mass is 32.7. The molecule has 1 saturated heterocycles. The van der Waals surface area contributed by atoms with Crippen LogP contribution in [0.15, 0.2) is 24.3 Å². The van der Waals surface area contributed by atoms with Crippen LogP contribution >= 0.6 is 38.4 Å². The molecular weight excluding hydrogens is 406 g/mol. The second kappa shape index (κ2) is 11.0. The van der Waals surface area contributed by atoms with Crippen molar-refractivity contribution in [3.05, 3.63) is 35.4 Å². The molecule has 1 atom stereocenters. The molecule has 0 radical (unpaired) electrons. The largest absolute Gasteiger partial charge is 0.396 e. The van der Waals surface area contributed by atoms with E-state index in [0.29, 0.717) is 14.6 Å². The number of hydrogen-bond acceptors (Lipinski definition) is 6. The standard InChI is InChI=1S/C18H30O4P2S2/c1-17(2,11-19)12-20-23-25-9-15-7-5-6-8-16(15)10-26-24-21-13-18(3,4)14-22-24/h5-8,19,23H,9-14H2,1-4H3. The van der Waals surface area contributed by atoms with Gasteiger partial charge in [0.05, 0.1) is 34.4 Å². The first-order chi connectivity index (χ1) is 12.3. The SMILES string of the molecule is CC(C)(CO)COPSCc1ccccc1CSP1OCC(C)(C)CO1. The normalized spacial score (nSPS) is 18.7. The summed E-state index contributed by atoms with van der Waals surface area (Å²) in [5, 5.41) is 9.26. The molecule has 1 aliphatic heterocycles. The fourth-order valence-electron chi connectivity index (χ4n) is 1.99. The maximum atomic E-state index is 9.26. The lowest BCUT2D eigenvalue weighted by Gasteiger charge is -2.33. The van der Waals surface area contributed by atoms with Crippen LogP contribution in [0.5, 0.6) is 0 Å². The Morgan fingerprint density at radius 3 is 2.42 bits per heavy atom. The molecule has 1 aliphatic rings. The Labute approximate surface area is 168 Å². The van der Waals surface area contributed by atoms with Crippen molar-refractivity contribution in [2.45, 2.75) is 39.2 Å². The number of hydrogen-bond donors (Lipinski definition) is 1. The van der Waals surface area contributed by atoms with E-state index in [1.165, 1.54) is 11.1 Å². The van der Waals surface area contributed by atoms with Gasteiger partial charge in [-0.3, -0.25) is 0 Å². The van der Waals surface area contributed by atoms with Crippen LogP contribution in [0.25, 0.3) is 0 Å². The van der Waals surface area contributed by atoms with Crippen LogP contribution in [0.1, 0.15) is 38.8 Å². The maximum Gasteiger partial charge on any atom is 0.238 e. The van der Waals surface area contributed by atoms with E-state index in [-0.39, 0.29) is 17.4 Å². The first kappa shape index (κ1) is 22.9. The van der Waals surface area contributed by atoms with Gasteiger partial charge in [0.15, 0.2) is 0 Å². The van der Waals surface area contributed by atoms with Gasteiger partial charge in [-0.1, -0.05) is 63.3 Å². The predicted molar refractivity (Wildman–Crippen MR) is 117 cm³/mol. The average Bonchev–Trinajstić information content (AvgIpc) is 2.61. The summed E-state index contributed by atoms with van der Waals surface area (Å²) in [5.41, 5.74) is 2.64. The summed E-state index contributed by atoms with van der Waals surface area (Å²) in [7, 11) is -0.452. The molecule has 4 nitrogen and oxygen atoms in total. The highest BCUT2D eigenvalue weighted by molar-refractivity contribution is 8.52. The van der Waals surface area contributed by atoms with E-state index in [1.807, 2.05) is 13.8 Å². The molecule has 1 aromatic rings. The molecule has 0 aromatic heterocycles. The van der Waals surface area contributed by atoms with E-state index >= 15 is 0 Å². The van der Waals surface area contributed by atoms with Crippen LogP contribution in [0.2, 0.25) is 0 Å². The van der Waals surface area contributed by atoms with Crippen molar-refractivity contribution >= 4 is 38.4 Å². The summed E-state index contributed by atoms with van der Waals surface area (Å²) in [6, 6.07) is 8.55. The van der Waals surface area contributed by atoms with Crippen LogP contribution in [0.3, 0.4) is 0 Å². The van der Waals surface area contributed by atoms with Gasteiger partial charge in [0.2, 0.25) is 7.58 Å². The smallest absolute Gasteiger partial charge is 0.238 e. The minimum atomic E-state index is -0.837. The summed E-state index contributed by atoms with van der Waals surface area (Å²) >= 11 is 3.56. The third kappa shape index (κ3) is 8.32. The summed E-state index contributed by atoms with van der Waals surface area (Å²) in [6.45, 7) is 10.6. The number of aliphatic hydroxyl groups is 1. The molecule has 2 rings (SSSR count). The van der Waals surface area contributed by atoms with Gasteiger partial charge in [0.1, 0.15) is 0 Å². The van der Waals surface area contributed by atoms with Crippen LogP contribution < -0.4 is 0 Å². The Morgan fingerprint density at radius 2 is 1.81 bits per heavy atom. The van der Waals surface area contributed by atoms with Crippen molar-refractivity contribution in [3.63, 3.8) is 0 Å². The lowest BCUT2D eigenvalue weighted by atomic mass is 9.97. The minimum Gasteiger partial charge on any atom is -0.396 e. The summed E-state index contributed by atoms with van der Waals surface area (Å²) < 4.78 is 17.5. The monoisotopic (exact) mass is 436 g/mol. The fraction of sp³-hybridized carbons (Fsp3) is 0.667. The van der Waals surface area contributed by atoms with Gasteiger partial charge in [-0.15, -0.1) is 11.4 Å². The van der Waals surface area contributed by atoms with Gasteiger partial charge in [-0.25, -0.2) is 0 Å². The molecule has 1 heterocycles. The lowest BCUT2D eigenvalue weighted by molar-refractivity contribution is 0.0686. The van der Waals surface area contributed by atoms with Gasteiger partial charge in [-0.2, -0.15) is 0 Å². The fourth-order valence-corrected chi connectivity index (χ4v) is 7.24. The van der Waals surface area contributed by atoms with Gasteiger partial charge in [0, 0.05) is 22.3 Å². The average molecular weight is 437 g/mol. The topological polar surface area (TPSA) is 47.9 Å². The molecule has 8 heteroatoms. The van der Waals surface area contributed by atoms with Crippen LogP contribution in [0, 0.1) is 10.8 Å². The summed E-state index contributed by atoms with van der Waals surface area (Å²) in [5.74, 6) is 1.84. The van der Waals surface area contributed by atoms with E-state index in [1.54, 1.807) is 22.8 Å². The van der Waals surface area contributed by atoms with Crippen molar-refractivity contribution in [2.75, 3.05) is 26.4 Å². The van der Waals surface area contributed by atoms with Crippen LogP contribution in [-0.4, -0.2) is 31.5 Å². The third-order valence-corrected chi connectivity index (χ3v) is 8.76. The molecule has 1 fully saturated rings. The zero-order valence-corrected chi connectivity index (χ0v) is 19.5. The Hall–Kier alpha value is 0.620. The Bertz CT molecular complexity index is 548. The van der Waals surface area contributed by atoms with E-state index in [4.69, 9.17) is 13.6 Å². The van der Waals surface area contributed by atoms with Crippen LogP contribution in [0.4, 0.5) is 0 Å². The first-order valence-electron chi connectivity index (χ1n) is 8.66. The van der Waals surface area contributed by atoms with Crippen molar-refractivity contribution in [1.82, 2.24) is 0 Å². The highest BCUT2D eigenvalue weighted by Crippen LogP contribution is 2.57. The Balaban J connectivity index is 1.73. The molecule has 0 bridgehead atoms. The predicted octanol–water partition coefficient (Wildman–Crippen LogP) is 6.00. The molecule has 148 valence electrons. The number of rotatable bonds is 10. The molecule has 0 amide bonds. The van der Waals surface area contributed by atoms with E-state index in [9.17, 15) is 5.11 Å². The van der Waals surface area contributed by atoms with Crippen LogP contribution in [-0.2, 0) is 25.1 Å². The van der Waals surface area contributed by atoms with E-state index in [2.05, 4.69) is 38.1 Å². The summed E-state index contributed by atoms with van der Waals surface area (Å²) in [6.07, 6.45) is 0. The molecule has 0 aliphatic carbocycles. The highest BCUT2D eigenvalue weighted by Gasteiger charge is 2.29. The van der Waals surface area contributed by atoms with Gasteiger partial charge in [0.25, 0.3) is 0 Å². The zero-order chi connectivity index (χ0) is 19.0. The Morgan fingerprint density at radius 1 is 1.19 bits per heavy atom. The molecular formula is C18H30O4P2S2. The quantitative estimate of drug-likeness (QED) is 0.359. The second-order valence-electron chi connectivity index (χ2n) is 7.96. The molecule has 0 saturated carbocycles. The number of benzene rings is 1. The number of aliphatic hydroxyl groups excluding tert-OH is 1. The lowest BCUT2D eigenvalue weighted by Crippen LogP contribution is -2.27. The van der Waals surface area contributed by atoms with Crippen molar-refractivity contribution in [3.8, 4) is 0 Å². The van der Waals surface area contributed by atoms with Crippen molar-refractivity contribution in [2.24, 2.45) is 10.8 Å². The van der Waals surface area contributed by atoms with Gasteiger partial charge >= 0.3 is 0 Å².